The van der Waals surface area contributed by atoms with E-state index in [0.29, 0.717) is 12.1 Å². The van der Waals surface area contributed by atoms with Gasteiger partial charge >= 0.3 is 12.8 Å². The van der Waals surface area contributed by atoms with Gasteiger partial charge in [0.15, 0.2) is 0 Å². The van der Waals surface area contributed by atoms with E-state index in [0.717, 1.165) is 0 Å². The van der Waals surface area contributed by atoms with Crippen LogP contribution in [-0.4, -0.2) is 6.61 Å². The highest BCUT2D eigenvalue weighted by Crippen LogP contribution is 2.40. The zero-order valence-electron chi connectivity index (χ0n) is 7.49. The van der Waals surface area contributed by atoms with Crippen LogP contribution in [0.5, 0.6) is 5.75 Å². The van der Waals surface area contributed by atoms with E-state index in [1.807, 2.05) is 0 Å². The lowest BCUT2D eigenvalue weighted by molar-refractivity contribution is -0.141. The molecule has 0 bridgehead atoms. The van der Waals surface area contributed by atoms with Gasteiger partial charge in [0.1, 0.15) is 5.75 Å². The molecule has 0 unspecified atom stereocenters. The predicted octanol–water partition coefficient (Wildman–Crippen LogP) is 3.54. The second-order valence-corrected chi connectivity index (χ2v) is 3.15. The zero-order chi connectivity index (χ0) is 12.5. The smallest absolute Gasteiger partial charge is 0.420 e. The van der Waals surface area contributed by atoms with Crippen LogP contribution in [0.15, 0.2) is 12.1 Å². The molecule has 0 amide bonds. The summed E-state index contributed by atoms with van der Waals surface area (Å²) in [7, 11) is 0. The van der Waals surface area contributed by atoms with E-state index in [9.17, 15) is 22.0 Å². The molecule has 1 aromatic rings. The largest absolute Gasteiger partial charge is 0.434 e. The molecule has 0 saturated heterocycles. The number of hydrogen-bond donors (Lipinski definition) is 1. The highest BCUT2D eigenvalue weighted by atomic mass is 35.5. The van der Waals surface area contributed by atoms with E-state index >= 15 is 0 Å². The summed E-state index contributed by atoms with van der Waals surface area (Å²) in [6.45, 7) is -3.37. The molecule has 2 N–H and O–H groups in total. The minimum absolute atomic E-state index is 0.288. The van der Waals surface area contributed by atoms with Crippen LogP contribution in [0.4, 0.5) is 27.6 Å². The normalized spacial score (nSPS) is 11.9. The highest BCUT2D eigenvalue weighted by molar-refractivity contribution is 6.33. The second kappa shape index (κ2) is 4.32. The Morgan fingerprint density at radius 1 is 1.25 bits per heavy atom. The molecule has 0 aliphatic rings. The van der Waals surface area contributed by atoms with Crippen LogP contribution < -0.4 is 10.5 Å². The molecule has 0 aromatic heterocycles. The summed E-state index contributed by atoms with van der Waals surface area (Å²) in [6.07, 6.45) is -4.84. The predicted molar refractivity (Wildman–Crippen MR) is 47.5 cm³/mol. The maximum absolute atomic E-state index is 12.4. The van der Waals surface area contributed by atoms with Gasteiger partial charge in [0.25, 0.3) is 0 Å². The lowest BCUT2D eigenvalue weighted by Crippen LogP contribution is -2.12. The molecule has 90 valence electrons. The SMILES string of the molecule is Nc1cc(C(F)(F)F)c(OC(F)F)cc1Cl. The van der Waals surface area contributed by atoms with Crippen molar-refractivity contribution in [1.29, 1.82) is 0 Å². The first-order valence-corrected chi connectivity index (χ1v) is 4.20. The third-order valence-electron chi connectivity index (χ3n) is 1.62. The van der Waals surface area contributed by atoms with Crippen molar-refractivity contribution >= 4 is 17.3 Å². The fourth-order valence-electron chi connectivity index (χ4n) is 0.987. The molecule has 0 radical (unpaired) electrons. The Kier molecular flexibility index (Phi) is 3.47. The molecule has 16 heavy (non-hydrogen) atoms. The molecule has 0 fully saturated rings. The number of alkyl halides is 5. The van der Waals surface area contributed by atoms with Crippen molar-refractivity contribution in [2.75, 3.05) is 5.73 Å². The van der Waals surface area contributed by atoms with E-state index in [1.54, 1.807) is 0 Å². The van der Waals surface area contributed by atoms with E-state index in [4.69, 9.17) is 17.3 Å². The van der Waals surface area contributed by atoms with Crippen LogP contribution in [0.25, 0.3) is 0 Å². The van der Waals surface area contributed by atoms with Crippen molar-refractivity contribution in [1.82, 2.24) is 0 Å². The first kappa shape index (κ1) is 12.8. The van der Waals surface area contributed by atoms with Crippen LogP contribution in [0.3, 0.4) is 0 Å². The van der Waals surface area contributed by atoms with Crippen molar-refractivity contribution in [3.05, 3.63) is 22.7 Å². The minimum atomic E-state index is -4.84. The van der Waals surface area contributed by atoms with Gasteiger partial charge in [-0.05, 0) is 6.07 Å². The van der Waals surface area contributed by atoms with Gasteiger partial charge in [-0.3, -0.25) is 0 Å². The highest BCUT2D eigenvalue weighted by Gasteiger charge is 2.35. The summed E-state index contributed by atoms with van der Waals surface area (Å²) in [5.41, 5.74) is 3.38. The minimum Gasteiger partial charge on any atom is -0.434 e. The maximum Gasteiger partial charge on any atom is 0.420 e. The first-order valence-electron chi connectivity index (χ1n) is 3.83. The first-order chi connectivity index (χ1) is 7.21. The Morgan fingerprint density at radius 3 is 2.25 bits per heavy atom. The second-order valence-electron chi connectivity index (χ2n) is 2.75. The van der Waals surface area contributed by atoms with Crippen molar-refractivity contribution in [2.45, 2.75) is 12.8 Å². The van der Waals surface area contributed by atoms with Gasteiger partial charge in [-0.1, -0.05) is 11.6 Å². The molecular weight excluding hydrogens is 257 g/mol. The summed E-state index contributed by atoms with van der Waals surface area (Å²) in [5, 5.41) is -0.288. The van der Waals surface area contributed by atoms with Crippen LogP contribution in [-0.2, 0) is 6.18 Å². The van der Waals surface area contributed by atoms with Crippen molar-refractivity contribution in [2.24, 2.45) is 0 Å². The number of ether oxygens (including phenoxy) is 1. The van der Waals surface area contributed by atoms with Crippen LogP contribution >= 0.6 is 11.6 Å². The zero-order valence-corrected chi connectivity index (χ0v) is 8.24. The molecule has 2 nitrogen and oxygen atoms in total. The molecule has 0 atom stereocenters. The molecule has 0 spiro atoms. The third kappa shape index (κ3) is 2.88. The van der Waals surface area contributed by atoms with Crippen LogP contribution in [0.1, 0.15) is 5.56 Å². The van der Waals surface area contributed by atoms with Gasteiger partial charge in [0.05, 0.1) is 16.3 Å². The van der Waals surface area contributed by atoms with E-state index < -0.39 is 24.1 Å². The number of hydrogen-bond acceptors (Lipinski definition) is 2. The topological polar surface area (TPSA) is 35.2 Å². The lowest BCUT2D eigenvalue weighted by Gasteiger charge is -2.14. The van der Waals surface area contributed by atoms with Crippen molar-refractivity contribution < 1.29 is 26.7 Å². The van der Waals surface area contributed by atoms with Gasteiger partial charge < -0.3 is 10.5 Å². The summed E-state index contributed by atoms with van der Waals surface area (Å²) in [5.74, 6) is -1.05. The van der Waals surface area contributed by atoms with Gasteiger partial charge in [0, 0.05) is 6.07 Å². The lowest BCUT2D eigenvalue weighted by atomic mass is 10.1. The van der Waals surface area contributed by atoms with Gasteiger partial charge in [-0.2, -0.15) is 22.0 Å². The monoisotopic (exact) mass is 261 g/mol. The van der Waals surface area contributed by atoms with Crippen molar-refractivity contribution in [3.63, 3.8) is 0 Å². The van der Waals surface area contributed by atoms with E-state index in [-0.39, 0.29) is 10.7 Å². The standard InChI is InChI=1S/C8H5ClF5NO/c9-4-2-6(16-7(10)11)3(1-5(4)15)8(12,13)14/h1-2,7H,15H2. The molecule has 1 aromatic carbocycles. The Bertz CT molecular complexity index is 393. The molecule has 0 aliphatic heterocycles. The summed E-state index contributed by atoms with van der Waals surface area (Å²) in [6, 6.07) is 1.05. The molecule has 1 rings (SSSR count). The maximum atomic E-state index is 12.4. The van der Waals surface area contributed by atoms with Gasteiger partial charge in [0.2, 0.25) is 0 Å². The number of rotatable bonds is 2. The Labute approximate surface area is 91.7 Å². The van der Waals surface area contributed by atoms with Crippen LogP contribution in [0.2, 0.25) is 5.02 Å². The fourth-order valence-corrected chi connectivity index (χ4v) is 1.14. The average molecular weight is 262 g/mol. The summed E-state index contributed by atoms with van der Waals surface area (Å²) < 4.78 is 64.6. The number of nitrogens with two attached hydrogens (primary N) is 1. The van der Waals surface area contributed by atoms with Crippen molar-refractivity contribution in [3.8, 4) is 5.75 Å². The van der Waals surface area contributed by atoms with Crippen LogP contribution in [0, 0.1) is 0 Å². The fraction of sp³-hybridized carbons (Fsp3) is 0.250. The number of nitrogen functional groups attached to an aromatic ring is 1. The Balaban J connectivity index is 3.28. The van der Waals surface area contributed by atoms with Gasteiger partial charge in [-0.25, -0.2) is 0 Å². The molecule has 0 heterocycles. The molecule has 0 aliphatic carbocycles. The Hall–Kier alpha value is -1.24. The number of halogens is 6. The quantitative estimate of drug-likeness (QED) is 0.653. The summed E-state index contributed by atoms with van der Waals surface area (Å²) in [4.78, 5) is 0. The molecule has 8 heteroatoms. The molecule has 0 saturated carbocycles. The number of anilines is 1. The Morgan fingerprint density at radius 2 is 1.81 bits per heavy atom. The van der Waals surface area contributed by atoms with Gasteiger partial charge in [-0.15, -0.1) is 0 Å². The molecular formula is C8H5ClF5NO. The average Bonchev–Trinajstić information content (AvgIpc) is 2.08. The van der Waals surface area contributed by atoms with E-state index in [1.165, 1.54) is 0 Å². The summed E-state index contributed by atoms with van der Waals surface area (Å²) >= 11 is 5.40. The number of benzene rings is 1. The van der Waals surface area contributed by atoms with E-state index in [2.05, 4.69) is 4.74 Å². The third-order valence-corrected chi connectivity index (χ3v) is 1.95.